The van der Waals surface area contributed by atoms with Crippen molar-refractivity contribution in [3.05, 3.63) is 51.4 Å². The van der Waals surface area contributed by atoms with Gasteiger partial charge in [-0.3, -0.25) is 14.4 Å². The van der Waals surface area contributed by atoms with Gasteiger partial charge < -0.3 is 15.4 Å². The maximum Gasteiger partial charge on any atom is 0.306 e. The Morgan fingerprint density at radius 1 is 1.21 bits per heavy atom. The molecule has 180 valence electrons. The third-order valence-electron chi connectivity index (χ3n) is 5.47. The Morgan fingerprint density at radius 3 is 2.71 bits per heavy atom. The summed E-state index contributed by atoms with van der Waals surface area (Å²) in [6, 6.07) is 4.83. The highest BCUT2D eigenvalue weighted by atomic mass is 32.1. The number of hydrogen-bond acceptors (Lipinski definition) is 6. The van der Waals surface area contributed by atoms with Crippen LogP contribution >= 0.6 is 11.3 Å². The molecule has 2 aromatic rings. The van der Waals surface area contributed by atoms with Crippen molar-refractivity contribution in [3.63, 3.8) is 0 Å². The molecule has 1 unspecified atom stereocenters. The molecule has 0 spiro atoms. The first-order valence-corrected chi connectivity index (χ1v) is 11.9. The zero-order valence-corrected chi connectivity index (χ0v) is 19.5. The Bertz CT molecular complexity index is 1130. The molecule has 1 aromatic heterocycles. The van der Waals surface area contributed by atoms with Crippen LogP contribution in [0, 0.1) is 23.0 Å². The number of nitrogens with one attached hydrogen (secondary N) is 2. The summed E-state index contributed by atoms with van der Waals surface area (Å²) in [5, 5.41) is 15.2. The molecule has 1 aromatic carbocycles. The van der Waals surface area contributed by atoms with Crippen molar-refractivity contribution < 1.29 is 27.9 Å². The molecule has 1 aliphatic carbocycles. The molecule has 0 saturated carbocycles. The SMILES string of the molecule is CC(OC(=O)CCCNC(=O)c1ccc(F)cc1F)C(=O)Nc1sc2c(c1C#N)CCCCC2. The molecule has 10 heteroatoms. The van der Waals surface area contributed by atoms with Crippen LogP contribution in [0.3, 0.4) is 0 Å². The number of ether oxygens (including phenoxy) is 1. The summed E-state index contributed by atoms with van der Waals surface area (Å²) in [4.78, 5) is 37.7. The zero-order chi connectivity index (χ0) is 24.7. The number of rotatable bonds is 8. The highest BCUT2D eigenvalue weighted by molar-refractivity contribution is 7.16. The van der Waals surface area contributed by atoms with E-state index >= 15 is 0 Å². The van der Waals surface area contributed by atoms with E-state index in [0.717, 1.165) is 54.7 Å². The molecule has 0 aliphatic heterocycles. The van der Waals surface area contributed by atoms with E-state index in [9.17, 15) is 28.4 Å². The molecule has 34 heavy (non-hydrogen) atoms. The van der Waals surface area contributed by atoms with Crippen LogP contribution < -0.4 is 10.6 Å². The summed E-state index contributed by atoms with van der Waals surface area (Å²) in [5.41, 5.74) is 1.20. The number of hydrogen-bond donors (Lipinski definition) is 2. The first-order valence-electron chi connectivity index (χ1n) is 11.1. The van der Waals surface area contributed by atoms with E-state index in [1.54, 1.807) is 0 Å². The van der Waals surface area contributed by atoms with Gasteiger partial charge in [-0.25, -0.2) is 8.78 Å². The first-order chi connectivity index (χ1) is 16.3. The number of aryl methyl sites for hydroxylation is 1. The van der Waals surface area contributed by atoms with Gasteiger partial charge in [0, 0.05) is 23.9 Å². The number of nitriles is 1. The van der Waals surface area contributed by atoms with Gasteiger partial charge in [0.15, 0.2) is 6.10 Å². The van der Waals surface area contributed by atoms with E-state index in [4.69, 9.17) is 4.74 Å². The van der Waals surface area contributed by atoms with Gasteiger partial charge in [0.25, 0.3) is 11.8 Å². The van der Waals surface area contributed by atoms with Gasteiger partial charge in [-0.2, -0.15) is 5.26 Å². The summed E-state index contributed by atoms with van der Waals surface area (Å²) >= 11 is 1.40. The molecule has 1 atom stereocenters. The number of nitrogens with zero attached hydrogens (tertiary/aromatic N) is 1. The van der Waals surface area contributed by atoms with Gasteiger partial charge in [0.2, 0.25) is 0 Å². The van der Waals surface area contributed by atoms with E-state index in [0.29, 0.717) is 16.6 Å². The number of esters is 1. The van der Waals surface area contributed by atoms with Crippen molar-refractivity contribution in [1.29, 1.82) is 5.26 Å². The third-order valence-corrected chi connectivity index (χ3v) is 6.67. The topological polar surface area (TPSA) is 108 Å². The van der Waals surface area contributed by atoms with Crippen molar-refractivity contribution in [1.82, 2.24) is 5.32 Å². The van der Waals surface area contributed by atoms with Crippen molar-refractivity contribution in [2.45, 2.75) is 58.0 Å². The van der Waals surface area contributed by atoms with Crippen LogP contribution in [0.25, 0.3) is 0 Å². The number of thiophene rings is 1. The summed E-state index contributed by atoms with van der Waals surface area (Å²) in [6.07, 6.45) is 3.97. The first kappa shape index (κ1) is 25.3. The summed E-state index contributed by atoms with van der Waals surface area (Å²) < 4.78 is 31.7. The Labute approximate surface area is 200 Å². The standard InChI is InChI=1S/C24H25F2N3O4S/c1-14(22(31)29-24-18(13-27)16-6-3-2-4-7-20(16)34-24)33-21(30)8-5-11-28-23(32)17-10-9-15(25)12-19(17)26/h9-10,12,14H,2-8,11H2,1H3,(H,28,32)(H,29,31). The van der Waals surface area contributed by atoms with E-state index in [-0.39, 0.29) is 24.9 Å². The fourth-order valence-corrected chi connectivity index (χ4v) is 4.92. The van der Waals surface area contributed by atoms with Gasteiger partial charge in [0.05, 0.1) is 11.1 Å². The molecule has 2 amide bonds. The van der Waals surface area contributed by atoms with Crippen LogP contribution in [-0.2, 0) is 27.2 Å². The smallest absolute Gasteiger partial charge is 0.306 e. The fraction of sp³-hybridized carbons (Fsp3) is 0.417. The second-order valence-electron chi connectivity index (χ2n) is 7.99. The van der Waals surface area contributed by atoms with Crippen LogP contribution in [0.15, 0.2) is 18.2 Å². The van der Waals surface area contributed by atoms with Gasteiger partial charge in [-0.1, -0.05) is 6.42 Å². The predicted octanol–water partition coefficient (Wildman–Crippen LogP) is 4.25. The van der Waals surface area contributed by atoms with Crippen molar-refractivity contribution >= 4 is 34.1 Å². The number of anilines is 1. The number of amides is 2. The van der Waals surface area contributed by atoms with E-state index in [1.807, 2.05) is 0 Å². The summed E-state index contributed by atoms with van der Waals surface area (Å²) in [5.74, 6) is -3.64. The monoisotopic (exact) mass is 489 g/mol. The molecule has 0 saturated heterocycles. The average Bonchev–Trinajstić information content (AvgIpc) is 2.95. The van der Waals surface area contributed by atoms with Gasteiger partial charge >= 0.3 is 5.97 Å². The maximum atomic E-state index is 13.6. The molecule has 2 N–H and O–H groups in total. The second-order valence-corrected chi connectivity index (χ2v) is 9.09. The lowest BCUT2D eigenvalue weighted by molar-refractivity contribution is -0.153. The van der Waals surface area contributed by atoms with Crippen LogP contribution in [0.2, 0.25) is 0 Å². The lowest BCUT2D eigenvalue weighted by atomic mass is 10.1. The van der Waals surface area contributed by atoms with E-state index in [2.05, 4.69) is 16.7 Å². The largest absolute Gasteiger partial charge is 0.453 e. The minimum atomic E-state index is -1.07. The number of halogens is 2. The van der Waals surface area contributed by atoms with Crippen LogP contribution in [-0.4, -0.2) is 30.4 Å². The molecular weight excluding hydrogens is 464 g/mol. The number of carbonyl (C=O) groups excluding carboxylic acids is 3. The highest BCUT2D eigenvalue weighted by Gasteiger charge is 2.24. The van der Waals surface area contributed by atoms with Crippen molar-refractivity contribution in [2.75, 3.05) is 11.9 Å². The van der Waals surface area contributed by atoms with Crippen molar-refractivity contribution in [3.8, 4) is 6.07 Å². The lowest BCUT2D eigenvalue weighted by Crippen LogP contribution is -2.30. The molecular formula is C24H25F2N3O4S. The Kier molecular flexibility index (Phi) is 8.71. The second kappa shape index (κ2) is 11.7. The minimum absolute atomic E-state index is 0.0671. The molecule has 3 rings (SSSR count). The number of benzene rings is 1. The third kappa shape index (κ3) is 6.38. The zero-order valence-electron chi connectivity index (χ0n) is 18.7. The number of carbonyl (C=O) groups is 3. The molecule has 1 heterocycles. The quantitative estimate of drug-likeness (QED) is 0.327. The van der Waals surface area contributed by atoms with Crippen molar-refractivity contribution in [2.24, 2.45) is 0 Å². The Morgan fingerprint density at radius 2 is 1.97 bits per heavy atom. The average molecular weight is 490 g/mol. The lowest BCUT2D eigenvalue weighted by Gasteiger charge is -2.13. The molecule has 0 bridgehead atoms. The van der Waals surface area contributed by atoms with Crippen LogP contribution in [0.4, 0.5) is 13.8 Å². The normalized spacial score (nSPS) is 13.7. The Balaban J connectivity index is 1.44. The van der Waals surface area contributed by atoms with Crippen LogP contribution in [0.5, 0.6) is 0 Å². The minimum Gasteiger partial charge on any atom is -0.453 e. The molecule has 1 aliphatic rings. The van der Waals surface area contributed by atoms with Gasteiger partial charge in [-0.15, -0.1) is 11.3 Å². The number of fused-ring (bicyclic) bond motifs is 1. The predicted molar refractivity (Wildman–Crippen MR) is 122 cm³/mol. The fourth-order valence-electron chi connectivity index (χ4n) is 3.68. The van der Waals surface area contributed by atoms with Gasteiger partial charge in [0.1, 0.15) is 22.7 Å². The maximum absolute atomic E-state index is 13.6. The van der Waals surface area contributed by atoms with E-state index in [1.165, 1.54) is 18.3 Å². The summed E-state index contributed by atoms with van der Waals surface area (Å²) in [6.45, 7) is 1.51. The molecule has 0 radical (unpaired) electrons. The van der Waals surface area contributed by atoms with E-state index < -0.39 is 35.5 Å². The van der Waals surface area contributed by atoms with Crippen LogP contribution in [0.1, 0.15) is 65.4 Å². The van der Waals surface area contributed by atoms with Gasteiger partial charge in [-0.05, 0) is 56.7 Å². The molecule has 7 nitrogen and oxygen atoms in total. The molecule has 0 fully saturated rings. The summed E-state index contributed by atoms with van der Waals surface area (Å²) in [7, 11) is 0. The Hall–Kier alpha value is -3.32. The highest BCUT2D eigenvalue weighted by Crippen LogP contribution is 2.37.